The van der Waals surface area contributed by atoms with Gasteiger partial charge in [0.2, 0.25) is 0 Å². The van der Waals surface area contributed by atoms with Gasteiger partial charge in [0.05, 0.1) is 12.0 Å². The molecule has 1 aliphatic heterocycles. The number of hydrogen-bond donors (Lipinski definition) is 1. The zero-order chi connectivity index (χ0) is 15.7. The summed E-state index contributed by atoms with van der Waals surface area (Å²) in [5.74, 6) is 1.45. The van der Waals surface area contributed by atoms with E-state index in [-0.39, 0.29) is 17.9 Å². The molecule has 0 radical (unpaired) electrons. The van der Waals surface area contributed by atoms with Crippen LogP contribution in [0, 0.1) is 13.8 Å². The SMILES string of the molecule is Cc1nc([C@@H]2CCO[C@@H]2CN(C)C(=O)c2nocc2C)n[nH]1. The van der Waals surface area contributed by atoms with E-state index in [2.05, 4.69) is 20.3 Å². The van der Waals surface area contributed by atoms with Crippen LogP contribution in [-0.4, -0.2) is 57.4 Å². The van der Waals surface area contributed by atoms with Crippen molar-refractivity contribution in [3.63, 3.8) is 0 Å². The van der Waals surface area contributed by atoms with E-state index in [0.29, 0.717) is 18.8 Å². The van der Waals surface area contributed by atoms with Gasteiger partial charge < -0.3 is 14.2 Å². The van der Waals surface area contributed by atoms with E-state index in [9.17, 15) is 4.79 Å². The van der Waals surface area contributed by atoms with Crippen molar-refractivity contribution in [3.8, 4) is 0 Å². The van der Waals surface area contributed by atoms with Gasteiger partial charge in [-0.1, -0.05) is 5.16 Å². The minimum absolute atomic E-state index is 0.0959. The van der Waals surface area contributed by atoms with Crippen LogP contribution in [0.1, 0.15) is 40.0 Å². The van der Waals surface area contributed by atoms with E-state index in [4.69, 9.17) is 9.26 Å². The van der Waals surface area contributed by atoms with Crippen molar-refractivity contribution in [2.75, 3.05) is 20.2 Å². The Morgan fingerprint density at radius 1 is 1.50 bits per heavy atom. The summed E-state index contributed by atoms with van der Waals surface area (Å²) < 4.78 is 10.6. The second-order valence-electron chi connectivity index (χ2n) is 5.62. The quantitative estimate of drug-likeness (QED) is 0.907. The highest BCUT2D eigenvalue weighted by Crippen LogP contribution is 2.29. The van der Waals surface area contributed by atoms with Crippen LogP contribution >= 0.6 is 0 Å². The fourth-order valence-electron chi connectivity index (χ4n) is 2.68. The molecular weight excluding hydrogens is 286 g/mol. The van der Waals surface area contributed by atoms with Crippen molar-refractivity contribution in [1.82, 2.24) is 25.2 Å². The Labute approximate surface area is 127 Å². The third-order valence-corrected chi connectivity index (χ3v) is 3.91. The van der Waals surface area contributed by atoms with Crippen molar-refractivity contribution in [1.29, 1.82) is 0 Å². The molecule has 1 amide bonds. The lowest BCUT2D eigenvalue weighted by Gasteiger charge is -2.23. The van der Waals surface area contributed by atoms with Gasteiger partial charge in [0.25, 0.3) is 5.91 Å². The number of H-pyrrole nitrogens is 1. The highest BCUT2D eigenvalue weighted by Gasteiger charge is 2.34. The van der Waals surface area contributed by atoms with Crippen LogP contribution in [0.5, 0.6) is 0 Å². The third-order valence-electron chi connectivity index (χ3n) is 3.91. The molecule has 0 spiro atoms. The number of amides is 1. The molecule has 0 bridgehead atoms. The van der Waals surface area contributed by atoms with E-state index in [0.717, 1.165) is 23.6 Å². The van der Waals surface area contributed by atoms with Crippen LogP contribution < -0.4 is 0 Å². The van der Waals surface area contributed by atoms with Crippen LogP contribution in [0.2, 0.25) is 0 Å². The summed E-state index contributed by atoms with van der Waals surface area (Å²) in [7, 11) is 1.73. The van der Waals surface area contributed by atoms with E-state index < -0.39 is 0 Å². The van der Waals surface area contributed by atoms with Crippen molar-refractivity contribution >= 4 is 5.91 Å². The first-order chi connectivity index (χ1) is 10.6. The zero-order valence-corrected chi connectivity index (χ0v) is 12.9. The highest BCUT2D eigenvalue weighted by atomic mass is 16.5. The zero-order valence-electron chi connectivity index (χ0n) is 12.9. The Hall–Kier alpha value is -2.22. The molecule has 2 aromatic heterocycles. The van der Waals surface area contributed by atoms with Gasteiger partial charge in [-0.15, -0.1) is 0 Å². The van der Waals surface area contributed by atoms with Crippen LogP contribution in [-0.2, 0) is 4.74 Å². The second-order valence-corrected chi connectivity index (χ2v) is 5.62. The van der Waals surface area contributed by atoms with E-state index in [1.807, 2.05) is 6.92 Å². The van der Waals surface area contributed by atoms with Gasteiger partial charge in [-0.05, 0) is 20.3 Å². The summed E-state index contributed by atoms with van der Waals surface area (Å²) in [6.45, 7) is 4.77. The summed E-state index contributed by atoms with van der Waals surface area (Å²) in [6, 6.07) is 0. The largest absolute Gasteiger partial charge is 0.376 e. The Morgan fingerprint density at radius 3 is 2.95 bits per heavy atom. The number of hydrogen-bond acceptors (Lipinski definition) is 6. The summed E-state index contributed by atoms with van der Waals surface area (Å²) in [6.07, 6.45) is 2.20. The predicted octanol–water partition coefficient (Wildman–Crippen LogP) is 1.05. The Balaban J connectivity index is 1.69. The second kappa shape index (κ2) is 5.88. The van der Waals surface area contributed by atoms with E-state index in [1.165, 1.54) is 6.26 Å². The third kappa shape index (κ3) is 2.74. The molecule has 8 nitrogen and oxygen atoms in total. The summed E-state index contributed by atoms with van der Waals surface area (Å²) in [4.78, 5) is 18.4. The molecule has 3 rings (SSSR count). The lowest BCUT2D eigenvalue weighted by molar-refractivity contribution is 0.0542. The van der Waals surface area contributed by atoms with E-state index >= 15 is 0 Å². The van der Waals surface area contributed by atoms with Crippen LogP contribution in [0.25, 0.3) is 0 Å². The maximum absolute atomic E-state index is 12.4. The summed E-state index contributed by atoms with van der Waals surface area (Å²) in [5.41, 5.74) is 1.07. The van der Waals surface area contributed by atoms with Gasteiger partial charge in [0.15, 0.2) is 11.5 Å². The number of rotatable bonds is 4. The fourth-order valence-corrected chi connectivity index (χ4v) is 2.68. The van der Waals surface area contributed by atoms with Crippen molar-refractivity contribution in [3.05, 3.63) is 29.2 Å². The van der Waals surface area contributed by atoms with Crippen molar-refractivity contribution in [2.24, 2.45) is 0 Å². The number of aromatic amines is 1. The molecule has 2 aromatic rings. The van der Waals surface area contributed by atoms with E-state index in [1.54, 1.807) is 18.9 Å². The molecule has 3 heterocycles. The first kappa shape index (κ1) is 14.7. The molecule has 1 saturated heterocycles. The van der Waals surface area contributed by atoms with Crippen molar-refractivity contribution in [2.45, 2.75) is 32.3 Å². The van der Waals surface area contributed by atoms with Gasteiger partial charge >= 0.3 is 0 Å². The number of aromatic nitrogens is 4. The van der Waals surface area contributed by atoms with Crippen molar-refractivity contribution < 1.29 is 14.1 Å². The molecule has 0 aromatic carbocycles. The van der Waals surface area contributed by atoms with Crippen LogP contribution in [0.4, 0.5) is 0 Å². The molecular formula is C14H19N5O3. The molecule has 22 heavy (non-hydrogen) atoms. The summed E-state index contributed by atoms with van der Waals surface area (Å²) in [5, 5.41) is 10.8. The number of ether oxygens (including phenoxy) is 1. The number of aryl methyl sites for hydroxylation is 2. The number of carbonyl (C=O) groups is 1. The van der Waals surface area contributed by atoms with Gasteiger partial charge in [-0.2, -0.15) is 5.10 Å². The molecule has 8 heteroatoms. The molecule has 2 atom stereocenters. The molecule has 0 saturated carbocycles. The highest BCUT2D eigenvalue weighted by molar-refractivity contribution is 5.93. The minimum atomic E-state index is -0.174. The maximum atomic E-state index is 12.4. The summed E-state index contributed by atoms with van der Waals surface area (Å²) >= 11 is 0. The molecule has 0 aliphatic carbocycles. The minimum Gasteiger partial charge on any atom is -0.376 e. The maximum Gasteiger partial charge on any atom is 0.276 e. The lowest BCUT2D eigenvalue weighted by atomic mass is 10.0. The predicted molar refractivity (Wildman–Crippen MR) is 76.4 cm³/mol. The van der Waals surface area contributed by atoms with Crippen LogP contribution in [0.15, 0.2) is 10.8 Å². The molecule has 1 aliphatic rings. The average molecular weight is 305 g/mol. The standard InChI is InChI=1S/C14H19N5O3/c1-8-7-22-18-12(8)14(20)19(3)6-11-10(4-5-21-11)13-15-9(2)16-17-13/h7,10-11H,4-6H2,1-3H3,(H,15,16,17)/t10-,11-/m1/s1. The normalized spacial score (nSPS) is 21.2. The Bertz CT molecular complexity index is 665. The Kier molecular flexibility index (Phi) is 3.93. The average Bonchev–Trinajstić information content (AvgIpc) is 3.19. The molecule has 1 fully saturated rings. The van der Waals surface area contributed by atoms with Gasteiger partial charge in [0, 0.05) is 25.8 Å². The van der Waals surface area contributed by atoms with Crippen LogP contribution in [0.3, 0.4) is 0 Å². The first-order valence-electron chi connectivity index (χ1n) is 7.23. The van der Waals surface area contributed by atoms with Gasteiger partial charge in [-0.25, -0.2) is 4.98 Å². The van der Waals surface area contributed by atoms with Gasteiger partial charge in [0.1, 0.15) is 12.1 Å². The topological polar surface area (TPSA) is 97.1 Å². The smallest absolute Gasteiger partial charge is 0.276 e. The lowest BCUT2D eigenvalue weighted by Crippen LogP contribution is -2.36. The number of likely N-dealkylation sites (N-methyl/N-ethyl adjacent to an activating group) is 1. The monoisotopic (exact) mass is 305 g/mol. The van der Waals surface area contributed by atoms with Gasteiger partial charge in [-0.3, -0.25) is 9.89 Å². The molecule has 118 valence electrons. The number of nitrogens with one attached hydrogen (secondary N) is 1. The molecule has 0 unspecified atom stereocenters. The Morgan fingerprint density at radius 2 is 2.32 bits per heavy atom. The number of carbonyl (C=O) groups excluding carboxylic acids is 1. The number of nitrogens with zero attached hydrogens (tertiary/aromatic N) is 4. The first-order valence-corrected chi connectivity index (χ1v) is 7.23. The molecule has 1 N–H and O–H groups in total. The fraction of sp³-hybridized carbons (Fsp3) is 0.571.